The second kappa shape index (κ2) is 7.43. The van der Waals surface area contributed by atoms with Crippen LogP contribution in [0.25, 0.3) is 22.0 Å². The molecule has 3 rings (SSSR count). The molecule has 0 bridgehead atoms. The summed E-state index contributed by atoms with van der Waals surface area (Å²) in [5.74, 6) is 0.113. The standard InChI is InChI=1S/C20H20N4O2S/c1-20(2,3)22-19-16-9-8-15(10-17(16)23-24-18(19)11-21)14-6-4-13(5-7-14)12-27(25)26/h4-10H,12H2,1-3H3,(H,22,23)(H,25,26). The van der Waals surface area contributed by atoms with Gasteiger partial charge >= 0.3 is 0 Å². The minimum absolute atomic E-state index is 0.113. The van der Waals surface area contributed by atoms with Crippen molar-refractivity contribution < 1.29 is 8.76 Å². The summed E-state index contributed by atoms with van der Waals surface area (Å²) >= 11 is -1.85. The number of hydrogen-bond donors (Lipinski definition) is 2. The van der Waals surface area contributed by atoms with Crippen LogP contribution in [0.15, 0.2) is 42.5 Å². The van der Waals surface area contributed by atoms with Crippen molar-refractivity contribution in [2.45, 2.75) is 32.1 Å². The zero-order chi connectivity index (χ0) is 19.6. The Morgan fingerprint density at radius 2 is 1.78 bits per heavy atom. The first kappa shape index (κ1) is 19.0. The van der Waals surface area contributed by atoms with Crippen molar-refractivity contribution in [1.29, 1.82) is 5.26 Å². The molecule has 0 amide bonds. The van der Waals surface area contributed by atoms with E-state index in [1.807, 2.05) is 63.2 Å². The number of aromatic nitrogens is 2. The number of nitriles is 1. The predicted octanol–water partition coefficient (Wildman–Crippen LogP) is 4.10. The lowest BCUT2D eigenvalue weighted by Crippen LogP contribution is -2.27. The highest BCUT2D eigenvalue weighted by Gasteiger charge is 2.17. The fourth-order valence-electron chi connectivity index (χ4n) is 2.80. The molecule has 1 aromatic heterocycles. The first-order chi connectivity index (χ1) is 12.8. The maximum Gasteiger partial charge on any atom is 0.186 e. The third kappa shape index (κ3) is 4.48. The van der Waals surface area contributed by atoms with Gasteiger partial charge < -0.3 is 9.87 Å². The van der Waals surface area contributed by atoms with E-state index in [1.54, 1.807) is 0 Å². The first-order valence-corrected chi connectivity index (χ1v) is 9.70. The summed E-state index contributed by atoms with van der Waals surface area (Å²) in [5, 5.41) is 21.8. The molecule has 3 aromatic rings. The zero-order valence-corrected chi connectivity index (χ0v) is 16.2. The number of nitrogens with zero attached hydrogens (tertiary/aromatic N) is 3. The van der Waals surface area contributed by atoms with E-state index in [1.165, 1.54) is 0 Å². The Labute approximate surface area is 160 Å². The molecule has 1 atom stereocenters. The Morgan fingerprint density at radius 1 is 1.11 bits per heavy atom. The average Bonchev–Trinajstić information content (AvgIpc) is 2.60. The monoisotopic (exact) mass is 380 g/mol. The molecule has 1 heterocycles. The van der Waals surface area contributed by atoms with Crippen LogP contribution in [-0.4, -0.2) is 24.5 Å². The van der Waals surface area contributed by atoms with Gasteiger partial charge in [0.15, 0.2) is 16.8 Å². The molecule has 27 heavy (non-hydrogen) atoms. The normalized spacial score (nSPS) is 12.6. The van der Waals surface area contributed by atoms with Crippen molar-refractivity contribution in [1.82, 2.24) is 10.2 Å². The van der Waals surface area contributed by atoms with E-state index in [9.17, 15) is 9.47 Å². The summed E-state index contributed by atoms with van der Waals surface area (Å²) in [4.78, 5) is 0. The summed E-state index contributed by atoms with van der Waals surface area (Å²) in [7, 11) is 0. The number of nitrogens with one attached hydrogen (secondary N) is 1. The third-order valence-corrected chi connectivity index (χ3v) is 4.53. The van der Waals surface area contributed by atoms with E-state index in [0.717, 1.165) is 22.1 Å². The molecular weight excluding hydrogens is 360 g/mol. The third-order valence-electron chi connectivity index (χ3n) is 3.94. The molecule has 0 aliphatic rings. The lowest BCUT2D eigenvalue weighted by atomic mass is 10.0. The fourth-order valence-corrected chi connectivity index (χ4v) is 3.28. The highest BCUT2D eigenvalue weighted by atomic mass is 32.2. The van der Waals surface area contributed by atoms with E-state index in [2.05, 4.69) is 21.6 Å². The number of fused-ring (bicyclic) bond motifs is 1. The van der Waals surface area contributed by atoms with E-state index in [-0.39, 0.29) is 17.0 Å². The van der Waals surface area contributed by atoms with Crippen molar-refractivity contribution in [3.63, 3.8) is 0 Å². The van der Waals surface area contributed by atoms with Gasteiger partial charge in [0.1, 0.15) is 6.07 Å². The van der Waals surface area contributed by atoms with Gasteiger partial charge in [0.2, 0.25) is 0 Å². The van der Waals surface area contributed by atoms with E-state index in [4.69, 9.17) is 4.55 Å². The molecule has 0 aliphatic heterocycles. The summed E-state index contributed by atoms with van der Waals surface area (Å²) < 4.78 is 19.9. The smallest absolute Gasteiger partial charge is 0.186 e. The van der Waals surface area contributed by atoms with Gasteiger partial charge in [0.25, 0.3) is 0 Å². The van der Waals surface area contributed by atoms with Crippen LogP contribution in [-0.2, 0) is 16.8 Å². The van der Waals surface area contributed by atoms with E-state index >= 15 is 0 Å². The lowest BCUT2D eigenvalue weighted by molar-refractivity contribution is 0.563. The van der Waals surface area contributed by atoms with Crippen molar-refractivity contribution in [3.8, 4) is 17.2 Å². The highest BCUT2D eigenvalue weighted by Crippen LogP contribution is 2.30. The van der Waals surface area contributed by atoms with Crippen molar-refractivity contribution in [2.24, 2.45) is 0 Å². The Hall–Kier alpha value is -2.82. The summed E-state index contributed by atoms with van der Waals surface area (Å²) in [6.07, 6.45) is 0. The van der Waals surface area contributed by atoms with E-state index < -0.39 is 11.1 Å². The van der Waals surface area contributed by atoms with Gasteiger partial charge in [-0.15, -0.1) is 10.2 Å². The molecule has 0 saturated carbocycles. The molecule has 0 fully saturated rings. The van der Waals surface area contributed by atoms with Gasteiger partial charge in [-0.25, -0.2) is 4.21 Å². The summed E-state index contributed by atoms with van der Waals surface area (Å²) in [6.45, 7) is 6.07. The molecule has 7 heteroatoms. The summed E-state index contributed by atoms with van der Waals surface area (Å²) in [5.41, 5.74) is 4.16. The molecule has 0 aliphatic carbocycles. The quantitative estimate of drug-likeness (QED) is 0.661. The minimum atomic E-state index is -1.85. The topological polar surface area (TPSA) is 98.9 Å². The van der Waals surface area contributed by atoms with Gasteiger partial charge in [0, 0.05) is 10.9 Å². The Bertz CT molecular complexity index is 1050. The van der Waals surface area contributed by atoms with Gasteiger partial charge in [-0.3, -0.25) is 0 Å². The van der Waals surface area contributed by atoms with Gasteiger partial charge in [-0.2, -0.15) is 5.26 Å². The Balaban J connectivity index is 2.03. The molecular formula is C20H20N4O2S. The molecule has 0 spiro atoms. The number of benzene rings is 2. The lowest BCUT2D eigenvalue weighted by Gasteiger charge is -2.23. The minimum Gasteiger partial charge on any atom is -0.377 e. The van der Waals surface area contributed by atoms with E-state index in [0.29, 0.717) is 11.2 Å². The van der Waals surface area contributed by atoms with Gasteiger partial charge in [0.05, 0.1) is 17.0 Å². The fraction of sp³-hybridized carbons (Fsp3) is 0.250. The van der Waals surface area contributed by atoms with Crippen molar-refractivity contribution in [3.05, 3.63) is 53.7 Å². The van der Waals surface area contributed by atoms with Crippen molar-refractivity contribution in [2.75, 3.05) is 5.32 Å². The number of rotatable bonds is 4. The van der Waals surface area contributed by atoms with Crippen LogP contribution in [0.4, 0.5) is 5.69 Å². The maximum atomic E-state index is 10.9. The number of hydrogen-bond acceptors (Lipinski definition) is 5. The molecule has 1 unspecified atom stereocenters. The zero-order valence-electron chi connectivity index (χ0n) is 15.4. The van der Waals surface area contributed by atoms with Crippen LogP contribution in [0, 0.1) is 11.3 Å². The molecule has 2 N–H and O–H groups in total. The molecule has 0 radical (unpaired) electrons. The van der Waals surface area contributed by atoms with Crippen LogP contribution in [0.1, 0.15) is 32.0 Å². The van der Waals surface area contributed by atoms with Crippen LogP contribution in [0.3, 0.4) is 0 Å². The first-order valence-electron chi connectivity index (χ1n) is 8.42. The van der Waals surface area contributed by atoms with Crippen LogP contribution >= 0.6 is 0 Å². The average molecular weight is 380 g/mol. The molecule has 138 valence electrons. The van der Waals surface area contributed by atoms with Gasteiger partial charge in [-0.1, -0.05) is 30.3 Å². The van der Waals surface area contributed by atoms with Crippen LogP contribution in [0.2, 0.25) is 0 Å². The molecule has 2 aromatic carbocycles. The SMILES string of the molecule is CC(C)(C)Nc1c(C#N)nnc2cc(-c3ccc(CS(=O)O)cc3)ccc12. The second-order valence-electron chi connectivity index (χ2n) is 7.31. The Morgan fingerprint density at radius 3 is 2.37 bits per heavy atom. The second-order valence-corrected chi connectivity index (χ2v) is 8.24. The van der Waals surface area contributed by atoms with Crippen molar-refractivity contribution >= 4 is 27.7 Å². The highest BCUT2D eigenvalue weighted by molar-refractivity contribution is 7.78. The maximum absolute atomic E-state index is 10.9. The van der Waals surface area contributed by atoms with Gasteiger partial charge in [-0.05, 0) is 49.6 Å². The van der Waals surface area contributed by atoms with Crippen LogP contribution in [0.5, 0.6) is 0 Å². The van der Waals surface area contributed by atoms with Crippen LogP contribution < -0.4 is 5.32 Å². The predicted molar refractivity (Wildman–Crippen MR) is 108 cm³/mol. The molecule has 6 nitrogen and oxygen atoms in total. The summed E-state index contributed by atoms with van der Waals surface area (Å²) in [6, 6.07) is 15.4. The molecule has 0 saturated heterocycles. The largest absolute Gasteiger partial charge is 0.377 e. The number of anilines is 1. The Kier molecular flexibility index (Phi) is 5.22.